The first-order valence-corrected chi connectivity index (χ1v) is 3.07. The average molecular weight is 129 g/mol. The van der Waals surface area contributed by atoms with E-state index in [2.05, 4.69) is 0 Å². The van der Waals surface area contributed by atoms with Crippen molar-refractivity contribution in [3.63, 3.8) is 0 Å². The Morgan fingerprint density at radius 3 is 2.44 bits per heavy atom. The maximum Gasteiger partial charge on any atom is 0.311 e. The molecule has 3 N–H and O–H groups in total. The summed E-state index contributed by atoms with van der Waals surface area (Å²) in [6, 6.07) is 0. The van der Waals surface area contributed by atoms with Gasteiger partial charge in [-0.1, -0.05) is 6.92 Å². The summed E-state index contributed by atoms with van der Waals surface area (Å²) in [6.45, 7) is 2.20. The Hall–Kier alpha value is -0.570. The van der Waals surface area contributed by atoms with Crippen LogP contribution in [-0.2, 0) is 4.79 Å². The van der Waals surface area contributed by atoms with Gasteiger partial charge in [0.2, 0.25) is 0 Å². The van der Waals surface area contributed by atoms with Crippen LogP contribution in [0, 0.1) is 11.3 Å². The molecule has 0 amide bonds. The van der Waals surface area contributed by atoms with E-state index >= 15 is 0 Å². The van der Waals surface area contributed by atoms with Crippen molar-refractivity contribution in [2.45, 2.75) is 13.3 Å². The van der Waals surface area contributed by atoms with E-state index in [0.717, 1.165) is 6.42 Å². The quantitative estimate of drug-likeness (QED) is 0.554. The van der Waals surface area contributed by atoms with Crippen molar-refractivity contribution in [2.24, 2.45) is 17.1 Å². The molecular weight excluding hydrogens is 118 g/mol. The zero-order chi connectivity index (χ0) is 7.07. The Bertz CT molecular complexity index is 142. The first-order chi connectivity index (χ1) is 4.13. The van der Waals surface area contributed by atoms with Gasteiger partial charge in [0, 0.05) is 6.54 Å². The lowest BCUT2D eigenvalue weighted by molar-refractivity contribution is -0.143. The summed E-state index contributed by atoms with van der Waals surface area (Å²) in [5.41, 5.74) is 4.72. The third kappa shape index (κ3) is 0.721. The van der Waals surface area contributed by atoms with Crippen LogP contribution < -0.4 is 5.73 Å². The molecule has 0 aromatic heterocycles. The van der Waals surface area contributed by atoms with Gasteiger partial charge >= 0.3 is 5.97 Å². The lowest BCUT2D eigenvalue weighted by Crippen LogP contribution is -2.26. The van der Waals surface area contributed by atoms with Crippen LogP contribution in [0.5, 0.6) is 0 Å². The Morgan fingerprint density at radius 2 is 2.44 bits per heavy atom. The number of carbonyl (C=O) groups is 1. The molecule has 0 saturated heterocycles. The van der Waals surface area contributed by atoms with Crippen molar-refractivity contribution in [2.75, 3.05) is 6.54 Å². The van der Waals surface area contributed by atoms with Gasteiger partial charge in [0.15, 0.2) is 0 Å². The van der Waals surface area contributed by atoms with Gasteiger partial charge in [-0.25, -0.2) is 0 Å². The Labute approximate surface area is 53.9 Å². The summed E-state index contributed by atoms with van der Waals surface area (Å²) >= 11 is 0. The van der Waals surface area contributed by atoms with Gasteiger partial charge in [-0.3, -0.25) is 4.79 Å². The highest BCUT2D eigenvalue weighted by Crippen LogP contribution is 2.51. The fourth-order valence-corrected chi connectivity index (χ4v) is 1.16. The molecule has 0 aromatic carbocycles. The van der Waals surface area contributed by atoms with Crippen LogP contribution in [0.25, 0.3) is 0 Å². The van der Waals surface area contributed by atoms with Gasteiger partial charge in [-0.2, -0.15) is 0 Å². The molecule has 0 aromatic rings. The Kier molecular flexibility index (Phi) is 1.24. The fourth-order valence-electron chi connectivity index (χ4n) is 1.16. The van der Waals surface area contributed by atoms with E-state index in [1.807, 2.05) is 6.92 Å². The maximum atomic E-state index is 10.4. The molecule has 2 atom stereocenters. The zero-order valence-corrected chi connectivity index (χ0v) is 5.42. The van der Waals surface area contributed by atoms with Gasteiger partial charge in [-0.05, 0) is 12.3 Å². The topological polar surface area (TPSA) is 63.3 Å². The highest BCUT2D eigenvalue weighted by Gasteiger charge is 2.56. The lowest BCUT2D eigenvalue weighted by Gasteiger charge is -2.04. The molecule has 1 rings (SSSR count). The molecule has 52 valence electrons. The standard InChI is InChI=1S/C6H11NO2/c1-4-2-6(4,3-7)5(8)9/h4H,2-3,7H2,1H3,(H,8,9). The van der Waals surface area contributed by atoms with E-state index in [1.54, 1.807) is 0 Å². The molecular formula is C6H11NO2. The van der Waals surface area contributed by atoms with E-state index in [0.29, 0.717) is 0 Å². The van der Waals surface area contributed by atoms with Gasteiger partial charge < -0.3 is 10.8 Å². The summed E-state index contributed by atoms with van der Waals surface area (Å²) in [4.78, 5) is 10.4. The number of hydrogen-bond acceptors (Lipinski definition) is 2. The number of carboxylic acids is 1. The molecule has 0 radical (unpaired) electrons. The molecule has 0 bridgehead atoms. The average Bonchev–Trinajstić information content (AvgIpc) is 2.43. The van der Waals surface area contributed by atoms with Crippen molar-refractivity contribution >= 4 is 5.97 Å². The number of aliphatic carboxylic acids is 1. The third-order valence-electron chi connectivity index (χ3n) is 2.24. The van der Waals surface area contributed by atoms with Crippen LogP contribution in [0.3, 0.4) is 0 Å². The van der Waals surface area contributed by atoms with E-state index in [9.17, 15) is 4.79 Å². The molecule has 1 saturated carbocycles. The first-order valence-electron chi connectivity index (χ1n) is 3.07. The molecule has 9 heavy (non-hydrogen) atoms. The summed E-state index contributed by atoms with van der Waals surface area (Å²) in [5, 5.41) is 8.59. The highest BCUT2D eigenvalue weighted by molar-refractivity contribution is 5.78. The maximum absolute atomic E-state index is 10.4. The minimum absolute atomic E-state index is 0.278. The minimum Gasteiger partial charge on any atom is -0.481 e. The smallest absolute Gasteiger partial charge is 0.311 e. The van der Waals surface area contributed by atoms with Gasteiger partial charge in [0.1, 0.15) is 0 Å². The molecule has 1 aliphatic rings. The molecule has 1 aliphatic carbocycles. The largest absolute Gasteiger partial charge is 0.481 e. The molecule has 3 nitrogen and oxygen atoms in total. The Balaban J connectivity index is 2.62. The van der Waals surface area contributed by atoms with Crippen molar-refractivity contribution in [3.8, 4) is 0 Å². The van der Waals surface area contributed by atoms with Gasteiger partial charge in [-0.15, -0.1) is 0 Å². The SMILES string of the molecule is CC1CC1(CN)C(=O)O. The summed E-state index contributed by atoms with van der Waals surface area (Å²) in [6.07, 6.45) is 0.749. The third-order valence-corrected chi connectivity index (χ3v) is 2.24. The number of nitrogens with two attached hydrogens (primary N) is 1. The number of rotatable bonds is 2. The summed E-state index contributed by atoms with van der Waals surface area (Å²) in [7, 11) is 0. The monoisotopic (exact) mass is 129 g/mol. The van der Waals surface area contributed by atoms with Crippen LogP contribution in [0.15, 0.2) is 0 Å². The van der Waals surface area contributed by atoms with Crippen LogP contribution >= 0.6 is 0 Å². The van der Waals surface area contributed by atoms with E-state index in [1.165, 1.54) is 0 Å². The van der Waals surface area contributed by atoms with Crippen LogP contribution in [-0.4, -0.2) is 17.6 Å². The van der Waals surface area contributed by atoms with E-state index in [4.69, 9.17) is 10.8 Å². The Morgan fingerprint density at radius 1 is 2.00 bits per heavy atom. The van der Waals surface area contributed by atoms with Crippen molar-refractivity contribution in [3.05, 3.63) is 0 Å². The van der Waals surface area contributed by atoms with Crippen molar-refractivity contribution < 1.29 is 9.90 Å². The van der Waals surface area contributed by atoms with Crippen LogP contribution in [0.1, 0.15) is 13.3 Å². The molecule has 3 heteroatoms. The number of carboxylic acid groups (broad SMARTS) is 1. The van der Waals surface area contributed by atoms with E-state index in [-0.39, 0.29) is 12.5 Å². The molecule has 0 aliphatic heterocycles. The predicted molar refractivity (Wildman–Crippen MR) is 32.9 cm³/mol. The first kappa shape index (κ1) is 6.55. The summed E-state index contributed by atoms with van der Waals surface area (Å²) < 4.78 is 0. The number of hydrogen-bond donors (Lipinski definition) is 2. The second-order valence-electron chi connectivity index (χ2n) is 2.77. The van der Waals surface area contributed by atoms with Gasteiger partial charge in [0.25, 0.3) is 0 Å². The minimum atomic E-state index is -0.738. The van der Waals surface area contributed by atoms with Crippen LogP contribution in [0.2, 0.25) is 0 Å². The normalized spacial score (nSPS) is 40.4. The molecule has 0 heterocycles. The second-order valence-corrected chi connectivity index (χ2v) is 2.77. The lowest BCUT2D eigenvalue weighted by atomic mass is 10.1. The molecule has 2 unspecified atom stereocenters. The fraction of sp³-hybridized carbons (Fsp3) is 0.833. The second kappa shape index (κ2) is 1.70. The molecule has 0 spiro atoms. The zero-order valence-electron chi connectivity index (χ0n) is 5.42. The van der Waals surface area contributed by atoms with Crippen LogP contribution in [0.4, 0.5) is 0 Å². The van der Waals surface area contributed by atoms with Gasteiger partial charge in [0.05, 0.1) is 5.41 Å². The van der Waals surface area contributed by atoms with E-state index < -0.39 is 11.4 Å². The predicted octanol–water partition coefficient (Wildman–Crippen LogP) is 0.0559. The highest BCUT2D eigenvalue weighted by atomic mass is 16.4. The van der Waals surface area contributed by atoms with Crippen molar-refractivity contribution in [1.29, 1.82) is 0 Å². The summed E-state index contributed by atoms with van der Waals surface area (Å²) in [5.74, 6) is -0.461. The van der Waals surface area contributed by atoms with Crippen molar-refractivity contribution in [1.82, 2.24) is 0 Å². The molecule has 1 fully saturated rings.